The Morgan fingerprint density at radius 1 is 1.07 bits per heavy atom. The van der Waals surface area contributed by atoms with Crippen molar-refractivity contribution >= 4 is 11.6 Å². The minimum Gasteiger partial charge on any atom is -0.493 e. The number of nitrogens with one attached hydrogen (secondary N) is 1. The van der Waals surface area contributed by atoms with Crippen molar-refractivity contribution in [3.8, 4) is 17.2 Å². The highest BCUT2D eigenvalue weighted by Gasteiger charge is 2.20. The van der Waals surface area contributed by atoms with E-state index >= 15 is 0 Å². The Balaban J connectivity index is 1.71. The summed E-state index contributed by atoms with van der Waals surface area (Å²) in [7, 11) is 4.61. The second-order valence-electron chi connectivity index (χ2n) is 7.89. The van der Waals surface area contributed by atoms with Crippen molar-refractivity contribution in [2.45, 2.75) is 32.7 Å². The van der Waals surface area contributed by atoms with E-state index in [1.54, 1.807) is 12.1 Å². The van der Waals surface area contributed by atoms with Crippen LogP contribution in [0.15, 0.2) is 36.4 Å². The van der Waals surface area contributed by atoms with Gasteiger partial charge in [0.05, 0.1) is 27.4 Å². The normalized spacial score (nSPS) is 17.2. The first-order chi connectivity index (χ1) is 14.5. The summed E-state index contributed by atoms with van der Waals surface area (Å²) in [5.74, 6) is 1.91. The average molecular weight is 413 g/mol. The molecule has 2 atom stereocenters. The quantitative estimate of drug-likeness (QED) is 0.729. The second-order valence-corrected chi connectivity index (χ2v) is 7.89. The van der Waals surface area contributed by atoms with Crippen molar-refractivity contribution in [3.63, 3.8) is 0 Å². The molecular weight excluding hydrogens is 380 g/mol. The van der Waals surface area contributed by atoms with Gasteiger partial charge in [-0.25, -0.2) is 0 Å². The fourth-order valence-corrected chi connectivity index (χ4v) is 3.97. The molecule has 0 saturated carbocycles. The average Bonchev–Trinajstić information content (AvgIpc) is 2.77. The molecule has 1 fully saturated rings. The van der Waals surface area contributed by atoms with Crippen molar-refractivity contribution in [3.05, 3.63) is 47.5 Å². The predicted molar refractivity (Wildman–Crippen MR) is 119 cm³/mol. The molecule has 0 aromatic heterocycles. The summed E-state index contributed by atoms with van der Waals surface area (Å²) in [5, 5.41) is 3.05. The molecule has 6 nitrogen and oxygen atoms in total. The van der Waals surface area contributed by atoms with Crippen LogP contribution in [0.5, 0.6) is 17.2 Å². The van der Waals surface area contributed by atoms with E-state index in [4.69, 9.17) is 14.2 Å². The van der Waals surface area contributed by atoms with Crippen LogP contribution in [-0.2, 0) is 0 Å². The number of ether oxygens (including phenoxy) is 3. The van der Waals surface area contributed by atoms with Crippen LogP contribution in [0.3, 0.4) is 0 Å². The number of anilines is 1. The maximum Gasteiger partial charge on any atom is 0.252 e. The molecule has 0 radical (unpaired) electrons. The summed E-state index contributed by atoms with van der Waals surface area (Å²) >= 11 is 0. The van der Waals surface area contributed by atoms with Crippen LogP contribution >= 0.6 is 0 Å². The predicted octanol–water partition coefficient (Wildman–Crippen LogP) is 4.44. The van der Waals surface area contributed by atoms with Gasteiger partial charge in [-0.2, -0.15) is 0 Å². The maximum absolute atomic E-state index is 12.8. The third-order valence-electron chi connectivity index (χ3n) is 5.69. The smallest absolute Gasteiger partial charge is 0.252 e. The largest absolute Gasteiger partial charge is 0.493 e. The van der Waals surface area contributed by atoms with Gasteiger partial charge in [-0.15, -0.1) is 0 Å². The molecule has 2 aromatic rings. The van der Waals surface area contributed by atoms with Gasteiger partial charge in [-0.3, -0.25) is 4.79 Å². The van der Waals surface area contributed by atoms with Crippen LogP contribution in [-0.4, -0.2) is 40.3 Å². The van der Waals surface area contributed by atoms with Gasteiger partial charge >= 0.3 is 0 Å². The van der Waals surface area contributed by atoms with Crippen LogP contribution in [0.1, 0.15) is 48.7 Å². The number of hydrogen-bond donors (Lipinski definition) is 1. The SMILES string of the molecule is COc1cc(C(=O)NC(C)c2ccc(N3CCCC(C)C3)cc2)cc(OC)c1OC. The molecular formula is C24H32N2O4. The van der Waals surface area contributed by atoms with E-state index in [-0.39, 0.29) is 11.9 Å². The molecule has 2 unspecified atom stereocenters. The minimum atomic E-state index is -0.198. The molecule has 6 heteroatoms. The molecule has 162 valence electrons. The number of carbonyl (C=O) groups is 1. The van der Waals surface area contributed by atoms with Gasteiger partial charge < -0.3 is 24.4 Å². The first-order valence-electron chi connectivity index (χ1n) is 10.4. The van der Waals surface area contributed by atoms with E-state index < -0.39 is 0 Å². The Hall–Kier alpha value is -2.89. The second kappa shape index (κ2) is 9.74. The highest BCUT2D eigenvalue weighted by atomic mass is 16.5. The Morgan fingerprint density at radius 2 is 1.70 bits per heavy atom. The van der Waals surface area contributed by atoms with Crippen LogP contribution in [0, 0.1) is 5.92 Å². The van der Waals surface area contributed by atoms with Crippen molar-refractivity contribution < 1.29 is 19.0 Å². The number of rotatable bonds is 7. The Labute approximate surface area is 179 Å². The van der Waals surface area contributed by atoms with Crippen LogP contribution in [0.25, 0.3) is 0 Å². The van der Waals surface area contributed by atoms with Crippen molar-refractivity contribution in [1.29, 1.82) is 0 Å². The van der Waals surface area contributed by atoms with Crippen molar-refractivity contribution in [1.82, 2.24) is 5.32 Å². The summed E-state index contributed by atoms with van der Waals surface area (Å²) in [6.07, 6.45) is 2.54. The topological polar surface area (TPSA) is 60.0 Å². The first-order valence-corrected chi connectivity index (χ1v) is 10.4. The van der Waals surface area contributed by atoms with E-state index in [2.05, 4.69) is 41.4 Å². The highest BCUT2D eigenvalue weighted by molar-refractivity contribution is 5.95. The summed E-state index contributed by atoms with van der Waals surface area (Å²) in [5.41, 5.74) is 2.76. The fraction of sp³-hybridized carbons (Fsp3) is 0.458. The molecule has 30 heavy (non-hydrogen) atoms. The van der Waals surface area contributed by atoms with E-state index in [1.165, 1.54) is 39.9 Å². The molecule has 1 aliphatic rings. The number of hydrogen-bond acceptors (Lipinski definition) is 5. The van der Waals surface area contributed by atoms with Gasteiger partial charge in [-0.1, -0.05) is 19.1 Å². The molecule has 3 rings (SSSR count). The number of piperidine rings is 1. The zero-order chi connectivity index (χ0) is 21.7. The van der Waals surface area contributed by atoms with E-state index in [0.717, 1.165) is 24.6 Å². The summed E-state index contributed by atoms with van der Waals surface area (Å²) < 4.78 is 16.0. The maximum atomic E-state index is 12.8. The van der Waals surface area contributed by atoms with Crippen molar-refractivity contribution in [2.75, 3.05) is 39.3 Å². The highest BCUT2D eigenvalue weighted by Crippen LogP contribution is 2.38. The molecule has 1 saturated heterocycles. The lowest BCUT2D eigenvalue weighted by Crippen LogP contribution is -2.34. The van der Waals surface area contributed by atoms with Crippen LogP contribution in [0.4, 0.5) is 5.69 Å². The lowest BCUT2D eigenvalue weighted by molar-refractivity contribution is 0.0939. The van der Waals surface area contributed by atoms with E-state index in [9.17, 15) is 4.79 Å². The van der Waals surface area contributed by atoms with Gasteiger partial charge in [0.2, 0.25) is 5.75 Å². The summed E-state index contributed by atoms with van der Waals surface area (Å²) in [6.45, 7) is 6.50. The molecule has 1 aliphatic heterocycles. The zero-order valence-electron chi connectivity index (χ0n) is 18.5. The van der Waals surface area contributed by atoms with Gasteiger partial charge in [0.15, 0.2) is 11.5 Å². The lowest BCUT2D eigenvalue weighted by Gasteiger charge is -2.33. The molecule has 2 aromatic carbocycles. The number of amides is 1. The minimum absolute atomic E-state index is 0.133. The zero-order valence-corrected chi connectivity index (χ0v) is 18.5. The van der Waals surface area contributed by atoms with Gasteiger partial charge in [0, 0.05) is 24.3 Å². The van der Waals surface area contributed by atoms with Crippen LogP contribution in [0.2, 0.25) is 0 Å². The molecule has 0 bridgehead atoms. The van der Waals surface area contributed by atoms with Crippen molar-refractivity contribution in [2.24, 2.45) is 5.92 Å². The lowest BCUT2D eigenvalue weighted by atomic mass is 9.99. The van der Waals surface area contributed by atoms with Crippen LogP contribution < -0.4 is 24.4 Å². The van der Waals surface area contributed by atoms with Gasteiger partial charge in [0.1, 0.15) is 0 Å². The number of carbonyl (C=O) groups excluding carboxylic acids is 1. The number of methoxy groups -OCH3 is 3. The first kappa shape index (κ1) is 21.8. The molecule has 1 amide bonds. The summed E-state index contributed by atoms with van der Waals surface area (Å²) in [6, 6.07) is 11.7. The third kappa shape index (κ3) is 4.81. The molecule has 1 N–H and O–H groups in total. The Kier molecular flexibility index (Phi) is 7.08. The number of nitrogens with zero attached hydrogens (tertiary/aromatic N) is 1. The fourth-order valence-electron chi connectivity index (χ4n) is 3.97. The summed E-state index contributed by atoms with van der Waals surface area (Å²) in [4.78, 5) is 15.3. The third-order valence-corrected chi connectivity index (χ3v) is 5.69. The Bertz CT molecular complexity index is 841. The monoisotopic (exact) mass is 412 g/mol. The number of benzene rings is 2. The van der Waals surface area contributed by atoms with E-state index in [0.29, 0.717) is 22.8 Å². The molecule has 0 spiro atoms. The van der Waals surface area contributed by atoms with E-state index in [1.807, 2.05) is 6.92 Å². The molecule has 0 aliphatic carbocycles. The Morgan fingerprint density at radius 3 is 2.23 bits per heavy atom. The molecule has 1 heterocycles. The van der Waals surface area contributed by atoms with Gasteiger partial charge in [0.25, 0.3) is 5.91 Å². The standard InChI is InChI=1S/C24H32N2O4/c1-16-7-6-12-26(15-16)20-10-8-18(9-11-20)17(2)25-24(27)19-13-21(28-3)23(30-5)22(14-19)29-4/h8-11,13-14,16-17H,6-7,12,15H2,1-5H3,(H,25,27). The van der Waals surface area contributed by atoms with Gasteiger partial charge in [-0.05, 0) is 55.5 Å².